The molecule has 3 aromatic carbocycles. The van der Waals surface area contributed by atoms with Crippen molar-refractivity contribution < 1.29 is 32.6 Å². The Labute approximate surface area is 204 Å². The number of hydrogen-bond acceptors (Lipinski definition) is 4. The molecule has 180 valence electrons. The highest BCUT2D eigenvalue weighted by Crippen LogP contribution is 2.41. The van der Waals surface area contributed by atoms with E-state index in [2.05, 4.69) is 0 Å². The molecule has 0 saturated carbocycles. The van der Waals surface area contributed by atoms with E-state index in [1.54, 1.807) is 24.3 Å². The van der Waals surface area contributed by atoms with Gasteiger partial charge in [0.05, 0.1) is 24.3 Å². The molecule has 1 aliphatic rings. The number of benzene rings is 3. The summed E-state index contributed by atoms with van der Waals surface area (Å²) in [6.07, 6.45) is -4.56. The second-order valence-electron chi connectivity index (χ2n) is 7.91. The van der Waals surface area contributed by atoms with Crippen molar-refractivity contribution in [2.45, 2.75) is 18.8 Å². The number of rotatable bonds is 5. The van der Waals surface area contributed by atoms with Crippen molar-refractivity contribution in [2.24, 2.45) is 0 Å². The van der Waals surface area contributed by atoms with E-state index >= 15 is 0 Å². The van der Waals surface area contributed by atoms with E-state index in [-0.39, 0.29) is 23.2 Å². The number of ketones is 1. The summed E-state index contributed by atoms with van der Waals surface area (Å²) in [6, 6.07) is 16.1. The van der Waals surface area contributed by atoms with Gasteiger partial charge in [0.25, 0.3) is 11.7 Å². The normalized spacial score (nSPS) is 17.6. The lowest BCUT2D eigenvalue weighted by molar-refractivity contribution is -0.140. The summed E-state index contributed by atoms with van der Waals surface area (Å²) in [5.41, 5.74) is -0.104. The van der Waals surface area contributed by atoms with E-state index in [9.17, 15) is 27.9 Å². The summed E-state index contributed by atoms with van der Waals surface area (Å²) in [5, 5.41) is 11.4. The Kier molecular flexibility index (Phi) is 6.58. The van der Waals surface area contributed by atoms with Gasteiger partial charge in [-0.2, -0.15) is 13.2 Å². The van der Waals surface area contributed by atoms with Crippen molar-refractivity contribution in [3.63, 3.8) is 0 Å². The van der Waals surface area contributed by atoms with Crippen LogP contribution in [0.4, 0.5) is 13.2 Å². The summed E-state index contributed by atoms with van der Waals surface area (Å²) in [6.45, 7) is -0.275. The van der Waals surface area contributed by atoms with Crippen LogP contribution < -0.4 is 4.74 Å². The average molecular weight is 502 g/mol. The molecule has 1 unspecified atom stereocenters. The van der Waals surface area contributed by atoms with Crippen LogP contribution in [0.5, 0.6) is 5.75 Å². The van der Waals surface area contributed by atoms with E-state index in [4.69, 9.17) is 16.3 Å². The highest BCUT2D eigenvalue weighted by atomic mass is 35.5. The molecule has 35 heavy (non-hydrogen) atoms. The molecule has 4 rings (SSSR count). The third-order valence-electron chi connectivity index (χ3n) is 5.70. The van der Waals surface area contributed by atoms with Crippen LogP contribution in [0.25, 0.3) is 5.76 Å². The van der Waals surface area contributed by atoms with Crippen LogP contribution in [0.3, 0.4) is 0 Å². The lowest BCUT2D eigenvalue weighted by Crippen LogP contribution is -2.29. The molecule has 0 spiro atoms. The predicted octanol–water partition coefficient (Wildman–Crippen LogP) is 5.99. The molecular weight excluding hydrogens is 483 g/mol. The second-order valence-corrected chi connectivity index (χ2v) is 8.34. The van der Waals surface area contributed by atoms with Crippen LogP contribution in [0.1, 0.15) is 28.3 Å². The van der Waals surface area contributed by atoms with Gasteiger partial charge in [-0.3, -0.25) is 9.59 Å². The molecular formula is C26H19ClF3NO4. The summed E-state index contributed by atoms with van der Waals surface area (Å²) in [5.74, 6) is -1.75. The Bertz CT molecular complexity index is 1300. The Morgan fingerprint density at radius 3 is 2.29 bits per heavy atom. The number of methoxy groups -OCH3 is 1. The quantitative estimate of drug-likeness (QED) is 0.265. The van der Waals surface area contributed by atoms with Crippen molar-refractivity contribution in [2.75, 3.05) is 7.11 Å². The minimum atomic E-state index is -4.56. The largest absolute Gasteiger partial charge is 0.507 e. The molecule has 9 heteroatoms. The van der Waals surface area contributed by atoms with Gasteiger partial charge >= 0.3 is 6.18 Å². The first-order chi connectivity index (χ1) is 16.6. The molecule has 1 atom stereocenters. The van der Waals surface area contributed by atoms with Crippen LogP contribution in [0.15, 0.2) is 78.4 Å². The Balaban J connectivity index is 1.83. The molecule has 1 fully saturated rings. The van der Waals surface area contributed by atoms with Gasteiger partial charge in [0, 0.05) is 17.1 Å². The number of amides is 1. The number of ether oxygens (including phenoxy) is 1. The number of carbonyl (C=O) groups is 2. The van der Waals surface area contributed by atoms with Crippen molar-refractivity contribution in [1.29, 1.82) is 0 Å². The van der Waals surface area contributed by atoms with Crippen LogP contribution in [-0.2, 0) is 22.3 Å². The summed E-state index contributed by atoms with van der Waals surface area (Å²) < 4.78 is 44.8. The van der Waals surface area contributed by atoms with Gasteiger partial charge in [0.1, 0.15) is 11.5 Å². The zero-order valence-electron chi connectivity index (χ0n) is 18.3. The SMILES string of the molecule is COc1ccc(C2/C(=C(\O)c3ccc(Cl)cc3)C(=O)C(=O)N2Cc2cccc(C(F)(F)F)c2)cc1. The standard InChI is InChI=1S/C26H19ClF3NO4/c1-35-20-11-7-16(8-12-20)22-21(23(32)17-5-9-19(27)10-6-17)24(33)25(34)31(22)14-15-3-2-4-18(13-15)26(28,29)30/h2-13,22,32H,14H2,1H3/b23-21+. The summed E-state index contributed by atoms with van der Waals surface area (Å²) in [7, 11) is 1.48. The maximum Gasteiger partial charge on any atom is 0.416 e. The lowest BCUT2D eigenvalue weighted by atomic mass is 9.95. The molecule has 1 amide bonds. The Morgan fingerprint density at radius 2 is 1.69 bits per heavy atom. The van der Waals surface area contributed by atoms with E-state index in [0.717, 1.165) is 17.0 Å². The topological polar surface area (TPSA) is 66.8 Å². The van der Waals surface area contributed by atoms with Gasteiger partial charge in [-0.15, -0.1) is 0 Å². The first kappa shape index (κ1) is 24.3. The van der Waals surface area contributed by atoms with Crippen molar-refractivity contribution in [3.8, 4) is 5.75 Å². The lowest BCUT2D eigenvalue weighted by Gasteiger charge is -2.26. The number of halogens is 4. The minimum Gasteiger partial charge on any atom is -0.507 e. The average Bonchev–Trinajstić information content (AvgIpc) is 3.08. The zero-order valence-corrected chi connectivity index (χ0v) is 19.1. The first-order valence-electron chi connectivity index (χ1n) is 10.4. The molecule has 1 N–H and O–H groups in total. The summed E-state index contributed by atoms with van der Waals surface area (Å²) >= 11 is 5.92. The number of alkyl halides is 3. The van der Waals surface area contributed by atoms with Crippen LogP contribution >= 0.6 is 11.6 Å². The Hall–Kier alpha value is -3.78. The van der Waals surface area contributed by atoms with Crippen molar-refractivity contribution >= 4 is 29.1 Å². The third kappa shape index (κ3) is 4.88. The maximum atomic E-state index is 13.2. The molecule has 1 aliphatic heterocycles. The van der Waals surface area contributed by atoms with Gasteiger partial charge in [-0.1, -0.05) is 35.9 Å². The molecule has 0 radical (unpaired) electrons. The molecule has 0 bridgehead atoms. The van der Waals surface area contributed by atoms with Crippen molar-refractivity contribution in [1.82, 2.24) is 4.90 Å². The number of likely N-dealkylation sites (tertiary alicyclic amines) is 1. The van der Waals surface area contributed by atoms with Gasteiger partial charge < -0.3 is 14.7 Å². The number of nitrogens with zero attached hydrogens (tertiary/aromatic N) is 1. The van der Waals surface area contributed by atoms with Gasteiger partial charge in [-0.25, -0.2) is 0 Å². The zero-order chi connectivity index (χ0) is 25.3. The molecule has 5 nitrogen and oxygen atoms in total. The number of aliphatic hydroxyl groups is 1. The summed E-state index contributed by atoms with van der Waals surface area (Å²) in [4.78, 5) is 27.3. The second kappa shape index (κ2) is 9.46. The number of carbonyl (C=O) groups excluding carboxylic acids is 2. The fourth-order valence-electron chi connectivity index (χ4n) is 3.98. The highest BCUT2D eigenvalue weighted by Gasteiger charge is 2.46. The molecule has 0 aromatic heterocycles. The van der Waals surface area contributed by atoms with Crippen LogP contribution in [0, 0.1) is 0 Å². The Morgan fingerprint density at radius 1 is 1.03 bits per heavy atom. The minimum absolute atomic E-state index is 0.172. The fraction of sp³-hybridized carbons (Fsp3) is 0.154. The molecule has 0 aliphatic carbocycles. The maximum absolute atomic E-state index is 13.2. The fourth-order valence-corrected chi connectivity index (χ4v) is 4.11. The van der Waals surface area contributed by atoms with Gasteiger partial charge in [0.2, 0.25) is 0 Å². The van der Waals surface area contributed by atoms with Gasteiger partial charge in [0.15, 0.2) is 0 Å². The van der Waals surface area contributed by atoms with Gasteiger partial charge in [-0.05, 0) is 59.7 Å². The number of hydrogen-bond donors (Lipinski definition) is 1. The van der Waals surface area contributed by atoms with E-state index < -0.39 is 35.2 Å². The smallest absolute Gasteiger partial charge is 0.416 e. The van der Waals surface area contributed by atoms with E-state index in [1.165, 1.54) is 43.5 Å². The highest BCUT2D eigenvalue weighted by molar-refractivity contribution is 6.46. The van der Waals surface area contributed by atoms with Crippen molar-refractivity contribution in [3.05, 3.63) is 106 Å². The third-order valence-corrected chi connectivity index (χ3v) is 5.95. The molecule has 1 saturated heterocycles. The van der Waals surface area contributed by atoms with Crippen LogP contribution in [-0.4, -0.2) is 28.8 Å². The molecule has 1 heterocycles. The van der Waals surface area contributed by atoms with E-state index in [1.807, 2.05) is 0 Å². The number of Topliss-reactive ketones (excluding diaryl/α,β-unsaturated/α-hetero) is 1. The van der Waals surface area contributed by atoms with Crippen LogP contribution in [0.2, 0.25) is 5.02 Å². The first-order valence-corrected chi connectivity index (χ1v) is 10.8. The monoisotopic (exact) mass is 501 g/mol. The predicted molar refractivity (Wildman–Crippen MR) is 124 cm³/mol. The molecule has 3 aromatic rings. The number of aliphatic hydroxyl groups excluding tert-OH is 1. The van der Waals surface area contributed by atoms with E-state index in [0.29, 0.717) is 16.3 Å².